The van der Waals surface area contributed by atoms with Gasteiger partial charge >= 0.3 is 0 Å². The first-order chi connectivity index (χ1) is 6.43. The highest BCUT2D eigenvalue weighted by atomic mass is 79.9. The van der Waals surface area contributed by atoms with Gasteiger partial charge in [0.05, 0.1) is 5.75 Å². The Morgan fingerprint density at radius 2 is 1.86 bits per heavy atom. The van der Waals surface area contributed by atoms with Crippen LogP contribution in [0.15, 0.2) is 0 Å². The first-order valence-electron chi connectivity index (χ1n) is 4.97. The molecule has 0 atom stereocenters. The van der Waals surface area contributed by atoms with Gasteiger partial charge in [-0.2, -0.15) is 0 Å². The molecule has 1 saturated heterocycles. The van der Waals surface area contributed by atoms with Gasteiger partial charge in [0.15, 0.2) is 0 Å². The van der Waals surface area contributed by atoms with Crippen molar-refractivity contribution in [2.45, 2.75) is 26.7 Å². The summed E-state index contributed by atoms with van der Waals surface area (Å²) < 4.78 is 24.8. The highest BCUT2D eigenvalue weighted by molar-refractivity contribution is 9.09. The van der Waals surface area contributed by atoms with Crippen LogP contribution in [-0.2, 0) is 10.0 Å². The summed E-state index contributed by atoms with van der Waals surface area (Å²) >= 11 is 3.49. The number of sulfonamides is 1. The number of hydrogen-bond acceptors (Lipinski definition) is 2. The number of nitrogens with zero attached hydrogens (tertiary/aromatic N) is 1. The van der Waals surface area contributed by atoms with Crippen molar-refractivity contribution in [3.63, 3.8) is 0 Å². The second kappa shape index (κ2) is 4.49. The molecule has 14 heavy (non-hydrogen) atoms. The van der Waals surface area contributed by atoms with Gasteiger partial charge in [-0.05, 0) is 25.2 Å². The van der Waals surface area contributed by atoms with E-state index in [1.165, 1.54) is 0 Å². The van der Waals surface area contributed by atoms with E-state index in [9.17, 15) is 8.42 Å². The minimum absolute atomic E-state index is 0.220. The summed E-state index contributed by atoms with van der Waals surface area (Å²) in [6.07, 6.45) is 1.91. The van der Waals surface area contributed by atoms with Crippen LogP contribution in [0.1, 0.15) is 26.7 Å². The zero-order chi connectivity index (χ0) is 10.8. The molecule has 0 unspecified atom stereocenters. The normalized spacial score (nSPS) is 23.6. The topological polar surface area (TPSA) is 37.4 Å². The molecular weight excluding hydrogens is 266 g/mol. The molecule has 0 aromatic carbocycles. The maximum atomic E-state index is 11.6. The predicted molar refractivity (Wildman–Crippen MR) is 62.2 cm³/mol. The first-order valence-corrected chi connectivity index (χ1v) is 7.70. The molecule has 0 aromatic rings. The summed E-state index contributed by atoms with van der Waals surface area (Å²) in [6.45, 7) is 5.27. The van der Waals surface area contributed by atoms with Crippen LogP contribution in [0.3, 0.4) is 0 Å². The summed E-state index contributed by atoms with van der Waals surface area (Å²) in [5.74, 6) is 0.220. The number of rotatable bonds is 3. The molecule has 84 valence electrons. The Kier molecular flexibility index (Phi) is 4.00. The molecule has 3 nitrogen and oxygen atoms in total. The van der Waals surface area contributed by atoms with E-state index in [1.807, 2.05) is 0 Å². The molecule has 0 aromatic heterocycles. The minimum Gasteiger partial charge on any atom is -0.212 e. The largest absolute Gasteiger partial charge is 0.213 e. The average molecular weight is 284 g/mol. The van der Waals surface area contributed by atoms with E-state index in [2.05, 4.69) is 22.9 Å². The second-order valence-electron chi connectivity index (χ2n) is 4.24. The maximum absolute atomic E-state index is 11.6. The van der Waals surface area contributed by atoms with Crippen molar-refractivity contribution in [1.82, 2.24) is 4.31 Å². The van der Waals surface area contributed by atoms with E-state index in [4.69, 9.17) is 0 Å². The quantitative estimate of drug-likeness (QED) is 0.741. The van der Waals surface area contributed by atoms with Crippen LogP contribution in [0.25, 0.3) is 0 Å². The summed E-state index contributed by atoms with van der Waals surface area (Å²) in [4.78, 5) is 0. The fourth-order valence-electron chi connectivity index (χ4n) is 1.62. The third-order valence-corrected chi connectivity index (χ3v) is 6.25. The summed E-state index contributed by atoms with van der Waals surface area (Å²) in [7, 11) is -2.96. The predicted octanol–water partition coefficient (Wildman–Crippen LogP) is 1.83. The minimum atomic E-state index is -2.96. The van der Waals surface area contributed by atoms with Crippen LogP contribution in [0.2, 0.25) is 0 Å². The van der Waals surface area contributed by atoms with Crippen LogP contribution >= 0.6 is 15.9 Å². The summed E-state index contributed by atoms with van der Waals surface area (Å²) in [5, 5.41) is 0.958. The lowest BCUT2D eigenvalue weighted by Crippen LogP contribution is -2.43. The first kappa shape index (κ1) is 12.5. The molecule has 5 heteroatoms. The van der Waals surface area contributed by atoms with Crippen molar-refractivity contribution in [2.75, 3.05) is 24.2 Å². The number of hydrogen-bond donors (Lipinski definition) is 0. The molecule has 0 aliphatic carbocycles. The highest BCUT2D eigenvalue weighted by Gasteiger charge is 2.33. The average Bonchev–Trinajstić information content (AvgIpc) is 2.19. The van der Waals surface area contributed by atoms with E-state index >= 15 is 0 Å². The smallest absolute Gasteiger partial charge is 0.212 e. The van der Waals surface area contributed by atoms with E-state index in [0.717, 1.165) is 18.2 Å². The van der Waals surface area contributed by atoms with Gasteiger partial charge in [-0.3, -0.25) is 0 Å². The third-order valence-electron chi connectivity index (χ3n) is 3.01. The molecule has 0 N–H and O–H groups in total. The lowest BCUT2D eigenvalue weighted by atomic mass is 9.83. The molecule has 0 saturated carbocycles. The summed E-state index contributed by atoms with van der Waals surface area (Å²) in [6, 6.07) is 0. The maximum Gasteiger partial charge on any atom is 0.213 e. The van der Waals surface area contributed by atoms with Gasteiger partial charge in [-0.1, -0.05) is 22.9 Å². The van der Waals surface area contributed by atoms with Crippen LogP contribution in [0, 0.1) is 5.41 Å². The van der Waals surface area contributed by atoms with Gasteiger partial charge in [0.1, 0.15) is 0 Å². The van der Waals surface area contributed by atoms with Crippen molar-refractivity contribution in [2.24, 2.45) is 5.41 Å². The Bertz CT molecular complexity index is 281. The Morgan fingerprint density at radius 3 is 2.21 bits per heavy atom. The molecule has 1 fully saturated rings. The van der Waals surface area contributed by atoms with Gasteiger partial charge in [0.25, 0.3) is 0 Å². The molecule has 1 aliphatic heterocycles. The number of halogens is 1. The molecule has 0 amide bonds. The summed E-state index contributed by atoms with van der Waals surface area (Å²) in [5.41, 5.74) is 0.278. The van der Waals surface area contributed by atoms with E-state index in [0.29, 0.717) is 13.1 Å². The van der Waals surface area contributed by atoms with Crippen LogP contribution in [0.4, 0.5) is 0 Å². The van der Waals surface area contributed by atoms with Gasteiger partial charge < -0.3 is 0 Å². The van der Waals surface area contributed by atoms with Crippen molar-refractivity contribution in [3.05, 3.63) is 0 Å². The number of piperidine rings is 1. The third kappa shape index (κ3) is 2.70. The molecule has 1 heterocycles. The zero-order valence-corrected chi connectivity index (χ0v) is 11.2. The van der Waals surface area contributed by atoms with Crippen molar-refractivity contribution >= 4 is 26.0 Å². The van der Waals surface area contributed by atoms with Crippen molar-refractivity contribution in [3.8, 4) is 0 Å². The Hall–Kier alpha value is 0.390. The van der Waals surface area contributed by atoms with Gasteiger partial charge in [-0.15, -0.1) is 0 Å². The standard InChI is InChI=1S/C9H18BrNO2S/c1-3-14(12,13)11-6-4-9(2,8-10)5-7-11/h3-8H2,1-2H3. The lowest BCUT2D eigenvalue weighted by Gasteiger charge is -2.37. The van der Waals surface area contributed by atoms with E-state index < -0.39 is 10.0 Å². The Balaban J connectivity index is 2.60. The molecule has 1 aliphatic rings. The lowest BCUT2D eigenvalue weighted by molar-refractivity contribution is 0.202. The monoisotopic (exact) mass is 283 g/mol. The van der Waals surface area contributed by atoms with Crippen LogP contribution in [0.5, 0.6) is 0 Å². The van der Waals surface area contributed by atoms with Gasteiger partial charge in [0, 0.05) is 18.4 Å². The molecule has 1 rings (SSSR count). The van der Waals surface area contributed by atoms with Crippen molar-refractivity contribution < 1.29 is 8.42 Å². The molecule has 0 radical (unpaired) electrons. The van der Waals surface area contributed by atoms with Crippen LogP contribution in [-0.4, -0.2) is 36.9 Å². The fraction of sp³-hybridized carbons (Fsp3) is 1.00. The van der Waals surface area contributed by atoms with E-state index in [-0.39, 0.29) is 11.2 Å². The molecule has 0 bridgehead atoms. The second-order valence-corrected chi connectivity index (χ2v) is 7.06. The zero-order valence-electron chi connectivity index (χ0n) is 8.79. The Morgan fingerprint density at radius 1 is 1.36 bits per heavy atom. The molecular formula is C9H18BrNO2S. The van der Waals surface area contributed by atoms with Crippen molar-refractivity contribution in [1.29, 1.82) is 0 Å². The van der Waals surface area contributed by atoms with Gasteiger partial charge in [0.2, 0.25) is 10.0 Å². The van der Waals surface area contributed by atoms with E-state index in [1.54, 1.807) is 11.2 Å². The number of alkyl halides is 1. The highest BCUT2D eigenvalue weighted by Crippen LogP contribution is 2.33. The fourth-order valence-corrected chi connectivity index (χ4v) is 3.29. The molecule has 0 spiro atoms. The van der Waals surface area contributed by atoms with Gasteiger partial charge in [-0.25, -0.2) is 12.7 Å². The SMILES string of the molecule is CCS(=O)(=O)N1CCC(C)(CBr)CC1. The Labute approximate surface area is 95.0 Å². The van der Waals surface area contributed by atoms with Crippen LogP contribution < -0.4 is 0 Å².